The third-order valence-electron chi connectivity index (χ3n) is 4.58. The maximum absolute atomic E-state index is 13.2. The minimum absolute atomic E-state index is 0.149. The van der Waals surface area contributed by atoms with Crippen molar-refractivity contribution in [2.24, 2.45) is 0 Å². The Bertz CT molecular complexity index is 754. The highest BCUT2D eigenvalue weighted by molar-refractivity contribution is 6.40. The lowest BCUT2D eigenvalue weighted by molar-refractivity contribution is -0.144. The van der Waals surface area contributed by atoms with Crippen molar-refractivity contribution in [2.75, 3.05) is 6.61 Å². The number of carbonyl (C=O) groups excluding carboxylic acids is 2. The van der Waals surface area contributed by atoms with E-state index in [4.69, 9.17) is 27.9 Å². The number of hydrogen-bond acceptors (Lipinski definition) is 3. The van der Waals surface area contributed by atoms with Crippen LogP contribution in [0.15, 0.2) is 48.5 Å². The van der Waals surface area contributed by atoms with Gasteiger partial charge in [0.05, 0.1) is 22.2 Å². The van der Waals surface area contributed by atoms with Gasteiger partial charge in [0.25, 0.3) is 0 Å². The molecule has 0 spiro atoms. The smallest absolute Gasteiger partial charge is 0.321 e. The number of unbranched alkanes of at least 4 members (excludes halogenated alkanes) is 5. The van der Waals surface area contributed by atoms with Gasteiger partial charge in [0.1, 0.15) is 5.92 Å². The summed E-state index contributed by atoms with van der Waals surface area (Å²) in [7, 11) is 0. The molecule has 1 atom stereocenters. The second-order valence-electron chi connectivity index (χ2n) is 6.74. The van der Waals surface area contributed by atoms with E-state index in [2.05, 4.69) is 6.92 Å². The van der Waals surface area contributed by atoms with Gasteiger partial charge in [-0.05, 0) is 24.1 Å². The summed E-state index contributed by atoms with van der Waals surface area (Å²) >= 11 is 12.4. The number of carbonyl (C=O) groups is 2. The van der Waals surface area contributed by atoms with Gasteiger partial charge in [0.15, 0.2) is 5.78 Å². The molecule has 150 valence electrons. The molecular formula is C23H26Cl2O3. The summed E-state index contributed by atoms with van der Waals surface area (Å²) < 4.78 is 5.44. The van der Waals surface area contributed by atoms with Crippen LogP contribution in [0.2, 0.25) is 10.0 Å². The van der Waals surface area contributed by atoms with Gasteiger partial charge in [-0.2, -0.15) is 0 Å². The molecule has 0 aromatic heterocycles. The van der Waals surface area contributed by atoms with E-state index >= 15 is 0 Å². The van der Waals surface area contributed by atoms with Gasteiger partial charge in [-0.1, -0.05) is 98.6 Å². The summed E-state index contributed by atoms with van der Waals surface area (Å²) in [4.78, 5) is 26.0. The number of hydrogen-bond donors (Lipinski definition) is 0. The van der Waals surface area contributed by atoms with E-state index in [1.165, 1.54) is 19.3 Å². The van der Waals surface area contributed by atoms with Crippen LogP contribution in [0.3, 0.4) is 0 Å². The Morgan fingerprint density at radius 3 is 2.11 bits per heavy atom. The van der Waals surface area contributed by atoms with Crippen molar-refractivity contribution in [3.63, 3.8) is 0 Å². The Hall–Kier alpha value is -1.84. The number of Topliss-reactive ketones (excluding diaryl/α,β-unsaturated/α-hetero) is 1. The highest BCUT2D eigenvalue weighted by atomic mass is 35.5. The first kappa shape index (κ1) is 22.4. The van der Waals surface area contributed by atoms with Crippen LogP contribution in [-0.4, -0.2) is 18.4 Å². The Kier molecular flexibility index (Phi) is 9.52. The number of halogens is 2. The monoisotopic (exact) mass is 420 g/mol. The topological polar surface area (TPSA) is 43.4 Å². The number of benzene rings is 2. The fourth-order valence-electron chi connectivity index (χ4n) is 3.06. The zero-order chi connectivity index (χ0) is 20.4. The molecule has 0 aliphatic carbocycles. The van der Waals surface area contributed by atoms with Crippen LogP contribution in [-0.2, 0) is 9.53 Å². The first-order chi connectivity index (χ1) is 13.6. The van der Waals surface area contributed by atoms with Crippen molar-refractivity contribution in [1.82, 2.24) is 0 Å². The highest BCUT2D eigenvalue weighted by Gasteiger charge is 2.33. The fourth-order valence-corrected chi connectivity index (χ4v) is 3.64. The average Bonchev–Trinajstić information content (AvgIpc) is 2.68. The van der Waals surface area contributed by atoms with Crippen molar-refractivity contribution >= 4 is 35.0 Å². The fraction of sp³-hybridized carbons (Fsp3) is 0.391. The number of ether oxygens (including phenoxy) is 1. The van der Waals surface area contributed by atoms with Gasteiger partial charge in [-0.25, -0.2) is 0 Å². The summed E-state index contributed by atoms with van der Waals surface area (Å²) in [6.07, 6.45) is 6.54. The van der Waals surface area contributed by atoms with E-state index in [9.17, 15) is 9.59 Å². The Morgan fingerprint density at radius 2 is 1.46 bits per heavy atom. The van der Waals surface area contributed by atoms with Crippen molar-refractivity contribution in [3.8, 4) is 0 Å². The number of esters is 1. The molecule has 0 aliphatic rings. The summed E-state index contributed by atoms with van der Waals surface area (Å²) in [5.41, 5.74) is 0.715. The highest BCUT2D eigenvalue weighted by Crippen LogP contribution is 2.31. The van der Waals surface area contributed by atoms with Crippen molar-refractivity contribution < 1.29 is 14.3 Å². The molecule has 5 heteroatoms. The summed E-state index contributed by atoms with van der Waals surface area (Å²) in [5.74, 6) is -2.10. The molecular weight excluding hydrogens is 395 g/mol. The number of rotatable bonds is 11. The normalized spacial score (nSPS) is 11.8. The lowest BCUT2D eigenvalue weighted by atomic mass is 9.90. The second kappa shape index (κ2) is 11.9. The molecule has 0 bridgehead atoms. The average molecular weight is 421 g/mol. The first-order valence-corrected chi connectivity index (χ1v) is 10.5. The molecule has 3 nitrogen and oxygen atoms in total. The van der Waals surface area contributed by atoms with E-state index in [1.54, 1.807) is 42.5 Å². The molecule has 2 rings (SSSR count). The molecule has 0 fully saturated rings. The molecule has 28 heavy (non-hydrogen) atoms. The number of ketones is 1. The molecule has 0 N–H and O–H groups in total. The third-order valence-corrected chi connectivity index (χ3v) is 5.21. The van der Waals surface area contributed by atoms with E-state index in [1.807, 2.05) is 6.07 Å². The van der Waals surface area contributed by atoms with Gasteiger partial charge in [-0.15, -0.1) is 0 Å². The Balaban J connectivity index is 2.10. The predicted molar refractivity (Wildman–Crippen MR) is 114 cm³/mol. The summed E-state index contributed by atoms with van der Waals surface area (Å²) in [6.45, 7) is 2.48. The molecule has 0 aliphatic heterocycles. The minimum Gasteiger partial charge on any atom is -0.465 e. The van der Waals surface area contributed by atoms with Crippen LogP contribution in [0.1, 0.15) is 67.3 Å². The summed E-state index contributed by atoms with van der Waals surface area (Å²) in [5, 5.41) is 0.448. The van der Waals surface area contributed by atoms with Gasteiger partial charge in [0, 0.05) is 0 Å². The molecule has 0 heterocycles. The van der Waals surface area contributed by atoms with Crippen molar-refractivity contribution in [1.29, 1.82) is 0 Å². The zero-order valence-corrected chi connectivity index (χ0v) is 17.6. The quantitative estimate of drug-likeness (QED) is 0.172. The maximum atomic E-state index is 13.2. The van der Waals surface area contributed by atoms with E-state index in [0.29, 0.717) is 12.2 Å². The predicted octanol–water partition coefficient (Wildman–Crippen LogP) is 6.86. The van der Waals surface area contributed by atoms with Crippen LogP contribution in [0, 0.1) is 0 Å². The summed E-state index contributed by atoms with van der Waals surface area (Å²) in [6, 6.07) is 13.7. The maximum Gasteiger partial charge on any atom is 0.321 e. The van der Waals surface area contributed by atoms with Crippen molar-refractivity contribution in [2.45, 2.75) is 51.4 Å². The van der Waals surface area contributed by atoms with Gasteiger partial charge in [-0.3, -0.25) is 9.59 Å². The van der Waals surface area contributed by atoms with Gasteiger partial charge >= 0.3 is 5.97 Å². The molecule has 0 amide bonds. The molecule has 2 aromatic rings. The molecule has 0 radical (unpaired) electrons. The van der Waals surface area contributed by atoms with E-state index in [0.717, 1.165) is 19.3 Å². The van der Waals surface area contributed by atoms with E-state index < -0.39 is 17.7 Å². The van der Waals surface area contributed by atoms with Crippen LogP contribution >= 0.6 is 23.2 Å². The SMILES string of the molecule is CCCCCCCCOC(=O)C(C(=O)c1c(Cl)cccc1Cl)c1ccccc1. The molecule has 0 saturated heterocycles. The lowest BCUT2D eigenvalue weighted by Gasteiger charge is -2.17. The van der Waals surface area contributed by atoms with Crippen LogP contribution in [0.25, 0.3) is 0 Å². The molecule has 2 aromatic carbocycles. The largest absolute Gasteiger partial charge is 0.465 e. The zero-order valence-electron chi connectivity index (χ0n) is 16.1. The molecule has 0 saturated carbocycles. The third kappa shape index (κ3) is 6.35. The van der Waals surface area contributed by atoms with Crippen LogP contribution < -0.4 is 0 Å². The Morgan fingerprint density at radius 1 is 0.857 bits per heavy atom. The molecule has 1 unspecified atom stereocenters. The Labute approximate surface area is 177 Å². The lowest BCUT2D eigenvalue weighted by Crippen LogP contribution is -2.25. The van der Waals surface area contributed by atoms with E-state index in [-0.39, 0.29) is 15.6 Å². The minimum atomic E-state index is -1.08. The van der Waals surface area contributed by atoms with Crippen LogP contribution in [0.4, 0.5) is 0 Å². The standard InChI is InChI=1S/C23H26Cl2O3/c1-2-3-4-5-6-10-16-28-23(27)20(17-12-8-7-9-13-17)22(26)21-18(24)14-11-15-19(21)25/h7-9,11-15,20H,2-6,10,16H2,1H3. The van der Waals surface area contributed by atoms with Gasteiger partial charge < -0.3 is 4.74 Å². The van der Waals surface area contributed by atoms with Crippen molar-refractivity contribution in [3.05, 3.63) is 69.7 Å². The van der Waals surface area contributed by atoms with Crippen LogP contribution in [0.5, 0.6) is 0 Å². The first-order valence-electron chi connectivity index (χ1n) is 9.76. The second-order valence-corrected chi connectivity index (χ2v) is 7.55. The van der Waals surface area contributed by atoms with Gasteiger partial charge in [0.2, 0.25) is 0 Å².